The van der Waals surface area contributed by atoms with Crippen molar-refractivity contribution in [3.05, 3.63) is 35.4 Å². The van der Waals surface area contributed by atoms with Gasteiger partial charge in [0.2, 0.25) is 0 Å². The van der Waals surface area contributed by atoms with E-state index in [9.17, 15) is 5.11 Å². The summed E-state index contributed by atoms with van der Waals surface area (Å²) in [6.07, 6.45) is 1.72. The molecule has 3 nitrogen and oxygen atoms in total. The Kier molecular flexibility index (Phi) is 4.15. The third-order valence-electron chi connectivity index (χ3n) is 3.51. The predicted octanol–water partition coefficient (Wildman–Crippen LogP) is 1.45. The second-order valence-electron chi connectivity index (χ2n) is 5.05. The van der Waals surface area contributed by atoms with Crippen molar-refractivity contribution in [2.45, 2.75) is 31.9 Å². The number of rotatable bonds is 4. The van der Waals surface area contributed by atoms with Gasteiger partial charge in [-0.2, -0.15) is 0 Å². The van der Waals surface area contributed by atoms with Crippen LogP contribution in [0.2, 0.25) is 0 Å². The number of β-amino-alcohol motifs (C(OH)–C–C–N with tert-alkyl or cyclic N) is 1. The molecule has 0 amide bonds. The molecule has 0 aliphatic carbocycles. The maximum atomic E-state index is 9.44. The Labute approximate surface area is 103 Å². The van der Waals surface area contributed by atoms with Crippen LogP contribution in [0.4, 0.5) is 0 Å². The normalized spacial score (nSPS) is 22.9. The van der Waals surface area contributed by atoms with E-state index in [1.54, 1.807) is 0 Å². The highest BCUT2D eigenvalue weighted by atomic mass is 16.3. The van der Waals surface area contributed by atoms with E-state index >= 15 is 0 Å². The molecule has 2 atom stereocenters. The van der Waals surface area contributed by atoms with Gasteiger partial charge in [-0.15, -0.1) is 0 Å². The van der Waals surface area contributed by atoms with E-state index in [0.717, 1.165) is 32.5 Å². The first kappa shape index (κ1) is 12.6. The van der Waals surface area contributed by atoms with Crippen molar-refractivity contribution in [1.29, 1.82) is 0 Å². The molecule has 3 N–H and O–H groups in total. The molecule has 0 aromatic heterocycles. The van der Waals surface area contributed by atoms with E-state index in [-0.39, 0.29) is 12.1 Å². The number of hydrogen-bond donors (Lipinski definition) is 2. The molecule has 0 spiro atoms. The first-order valence-electron chi connectivity index (χ1n) is 6.38. The molecule has 1 heterocycles. The predicted molar refractivity (Wildman–Crippen MR) is 69.8 cm³/mol. The quantitative estimate of drug-likeness (QED) is 0.829. The van der Waals surface area contributed by atoms with Crippen LogP contribution in [0.25, 0.3) is 0 Å². The van der Waals surface area contributed by atoms with Crippen molar-refractivity contribution in [2.24, 2.45) is 5.73 Å². The van der Waals surface area contributed by atoms with Crippen LogP contribution < -0.4 is 5.73 Å². The molecule has 0 bridgehead atoms. The molecular weight excluding hydrogens is 212 g/mol. The number of benzene rings is 1. The Morgan fingerprint density at radius 1 is 1.41 bits per heavy atom. The highest BCUT2D eigenvalue weighted by molar-refractivity contribution is 5.23. The molecule has 1 aromatic rings. The van der Waals surface area contributed by atoms with Crippen LogP contribution in [0.15, 0.2) is 24.3 Å². The number of nitrogens with zero attached hydrogens (tertiary/aromatic N) is 1. The molecule has 1 saturated heterocycles. The lowest BCUT2D eigenvalue weighted by atomic mass is 10.0. The average Bonchev–Trinajstić information content (AvgIpc) is 2.73. The van der Waals surface area contributed by atoms with Crippen LogP contribution in [0.3, 0.4) is 0 Å². The molecule has 0 radical (unpaired) electrons. The van der Waals surface area contributed by atoms with Crippen LogP contribution >= 0.6 is 0 Å². The lowest BCUT2D eigenvalue weighted by Gasteiger charge is -2.18. The van der Waals surface area contributed by atoms with Crippen molar-refractivity contribution < 1.29 is 5.11 Å². The maximum absolute atomic E-state index is 9.44. The summed E-state index contributed by atoms with van der Waals surface area (Å²) in [4.78, 5) is 2.29. The first-order chi connectivity index (χ1) is 8.15. The van der Waals surface area contributed by atoms with Crippen LogP contribution in [0, 0.1) is 6.92 Å². The highest BCUT2D eigenvalue weighted by Crippen LogP contribution is 2.17. The van der Waals surface area contributed by atoms with Gasteiger partial charge in [-0.1, -0.05) is 29.8 Å². The molecule has 2 unspecified atom stereocenters. The van der Waals surface area contributed by atoms with E-state index in [1.165, 1.54) is 11.1 Å². The summed E-state index contributed by atoms with van der Waals surface area (Å²) in [6.45, 7) is 4.87. The van der Waals surface area contributed by atoms with Gasteiger partial charge in [0.15, 0.2) is 0 Å². The number of nitrogens with two attached hydrogens (primary N) is 1. The van der Waals surface area contributed by atoms with E-state index < -0.39 is 0 Å². The minimum Gasteiger partial charge on any atom is -0.392 e. The zero-order valence-electron chi connectivity index (χ0n) is 10.5. The summed E-state index contributed by atoms with van der Waals surface area (Å²) in [5.74, 6) is 0. The second kappa shape index (κ2) is 5.63. The summed E-state index contributed by atoms with van der Waals surface area (Å²) < 4.78 is 0. The molecule has 1 aliphatic heterocycles. The fourth-order valence-corrected chi connectivity index (χ4v) is 2.32. The maximum Gasteiger partial charge on any atom is 0.0679 e. The van der Waals surface area contributed by atoms with Crippen molar-refractivity contribution in [3.63, 3.8) is 0 Å². The highest BCUT2D eigenvalue weighted by Gasteiger charge is 2.20. The third-order valence-corrected chi connectivity index (χ3v) is 3.51. The molecule has 0 saturated carbocycles. The van der Waals surface area contributed by atoms with Crippen LogP contribution in [-0.4, -0.2) is 35.7 Å². The zero-order valence-corrected chi connectivity index (χ0v) is 10.5. The topological polar surface area (TPSA) is 49.5 Å². The Morgan fingerprint density at radius 3 is 2.71 bits per heavy atom. The summed E-state index contributed by atoms with van der Waals surface area (Å²) in [6, 6.07) is 8.54. The molecule has 94 valence electrons. The van der Waals surface area contributed by atoms with Crippen molar-refractivity contribution in [1.82, 2.24) is 4.90 Å². The first-order valence-corrected chi connectivity index (χ1v) is 6.38. The number of likely N-dealkylation sites (tertiary alicyclic amines) is 1. The number of aryl methyl sites for hydroxylation is 1. The monoisotopic (exact) mass is 234 g/mol. The fourth-order valence-electron chi connectivity index (χ4n) is 2.32. The van der Waals surface area contributed by atoms with Crippen LogP contribution in [-0.2, 0) is 0 Å². The van der Waals surface area contributed by atoms with Crippen LogP contribution in [0.1, 0.15) is 30.0 Å². The van der Waals surface area contributed by atoms with Gasteiger partial charge in [0.1, 0.15) is 0 Å². The van der Waals surface area contributed by atoms with Gasteiger partial charge in [0, 0.05) is 25.7 Å². The smallest absolute Gasteiger partial charge is 0.0679 e. The van der Waals surface area contributed by atoms with Gasteiger partial charge in [0.05, 0.1) is 6.10 Å². The van der Waals surface area contributed by atoms with E-state index in [4.69, 9.17) is 5.73 Å². The second-order valence-corrected chi connectivity index (χ2v) is 5.05. The van der Waals surface area contributed by atoms with Gasteiger partial charge >= 0.3 is 0 Å². The number of hydrogen-bond acceptors (Lipinski definition) is 3. The lowest BCUT2D eigenvalue weighted by Crippen LogP contribution is -2.26. The van der Waals surface area contributed by atoms with Crippen molar-refractivity contribution in [3.8, 4) is 0 Å². The molecule has 1 aromatic carbocycles. The van der Waals surface area contributed by atoms with Gasteiger partial charge in [-0.05, 0) is 25.3 Å². The van der Waals surface area contributed by atoms with E-state index in [2.05, 4.69) is 36.1 Å². The molecule has 2 rings (SSSR count). The third kappa shape index (κ3) is 3.53. The Hall–Kier alpha value is -0.900. The minimum atomic E-state index is -0.134. The van der Waals surface area contributed by atoms with Crippen LogP contribution in [0.5, 0.6) is 0 Å². The summed E-state index contributed by atoms with van der Waals surface area (Å²) in [5, 5.41) is 9.44. The van der Waals surface area contributed by atoms with Gasteiger partial charge < -0.3 is 15.7 Å². The zero-order chi connectivity index (χ0) is 12.3. The summed E-state index contributed by atoms with van der Waals surface area (Å²) >= 11 is 0. The molecule has 1 aliphatic rings. The Balaban J connectivity index is 1.81. The Bertz CT molecular complexity index is 350. The molecule has 3 heteroatoms. The van der Waals surface area contributed by atoms with Crippen molar-refractivity contribution in [2.75, 3.05) is 19.6 Å². The largest absolute Gasteiger partial charge is 0.392 e. The van der Waals surface area contributed by atoms with Gasteiger partial charge in [-0.3, -0.25) is 0 Å². The standard InChI is InChI=1S/C14H22N2O/c1-11-2-4-12(5-3-11)14(15)7-9-16-8-6-13(17)10-16/h2-5,13-14,17H,6-10,15H2,1H3. The SMILES string of the molecule is Cc1ccc(C(N)CCN2CCC(O)C2)cc1. The van der Waals surface area contributed by atoms with E-state index in [1.807, 2.05) is 0 Å². The van der Waals surface area contributed by atoms with Gasteiger partial charge in [-0.25, -0.2) is 0 Å². The number of aliphatic hydroxyl groups is 1. The summed E-state index contributed by atoms with van der Waals surface area (Å²) in [5.41, 5.74) is 8.64. The molecule has 1 fully saturated rings. The van der Waals surface area contributed by atoms with Gasteiger partial charge in [0.25, 0.3) is 0 Å². The average molecular weight is 234 g/mol. The van der Waals surface area contributed by atoms with Crippen molar-refractivity contribution >= 4 is 0 Å². The number of aliphatic hydroxyl groups excluding tert-OH is 1. The molecular formula is C14H22N2O. The fraction of sp³-hybridized carbons (Fsp3) is 0.571. The van der Waals surface area contributed by atoms with E-state index in [0.29, 0.717) is 0 Å². The minimum absolute atomic E-state index is 0.105. The lowest BCUT2D eigenvalue weighted by molar-refractivity contribution is 0.175. The Morgan fingerprint density at radius 2 is 2.12 bits per heavy atom. The molecule has 17 heavy (non-hydrogen) atoms. The summed E-state index contributed by atoms with van der Waals surface area (Å²) in [7, 11) is 0.